The summed E-state index contributed by atoms with van der Waals surface area (Å²) in [5.74, 6) is 1.01. The van der Waals surface area contributed by atoms with E-state index in [1.54, 1.807) is 6.20 Å². The van der Waals surface area contributed by atoms with Crippen molar-refractivity contribution in [2.45, 2.75) is 57.7 Å². The van der Waals surface area contributed by atoms with Crippen LogP contribution in [0.5, 0.6) is 0 Å². The maximum absolute atomic E-state index is 5.85. The first-order valence-electron chi connectivity index (χ1n) is 6.52. The van der Waals surface area contributed by atoms with Gasteiger partial charge in [0.1, 0.15) is 5.82 Å². The lowest BCUT2D eigenvalue weighted by Crippen LogP contribution is -2.45. The molecule has 4 heteroatoms. The minimum absolute atomic E-state index is 0.0405. The summed E-state index contributed by atoms with van der Waals surface area (Å²) in [5, 5.41) is 3.64. The fourth-order valence-corrected chi connectivity index (χ4v) is 2.47. The van der Waals surface area contributed by atoms with Crippen LogP contribution in [0.3, 0.4) is 0 Å². The van der Waals surface area contributed by atoms with Gasteiger partial charge in [0.2, 0.25) is 0 Å². The smallest absolute Gasteiger partial charge is 0.122 e. The van der Waals surface area contributed by atoms with Gasteiger partial charge in [0, 0.05) is 25.0 Å². The Morgan fingerprint density at radius 2 is 2.53 bits per heavy atom. The van der Waals surface area contributed by atoms with E-state index in [9.17, 15) is 0 Å². The van der Waals surface area contributed by atoms with Crippen molar-refractivity contribution in [1.82, 2.24) is 15.3 Å². The Kier molecular flexibility index (Phi) is 3.84. The number of hydrogen-bond acceptors (Lipinski definition) is 3. The van der Waals surface area contributed by atoms with Gasteiger partial charge in [0.25, 0.3) is 0 Å². The molecule has 0 radical (unpaired) electrons. The van der Waals surface area contributed by atoms with Gasteiger partial charge in [-0.1, -0.05) is 6.92 Å². The molecule has 0 saturated carbocycles. The molecule has 96 valence electrons. The molecule has 1 aliphatic rings. The number of H-pyrrole nitrogens is 1. The quantitative estimate of drug-likeness (QED) is 0.845. The molecule has 0 bridgehead atoms. The fraction of sp³-hybridized carbons (Fsp3) is 0.769. The van der Waals surface area contributed by atoms with E-state index in [2.05, 4.69) is 36.1 Å². The van der Waals surface area contributed by atoms with Gasteiger partial charge in [0.15, 0.2) is 0 Å². The molecule has 3 unspecified atom stereocenters. The first-order valence-corrected chi connectivity index (χ1v) is 6.52. The molecule has 1 aromatic heterocycles. The SMILES string of the molecule is CCC1(C)CC(NC(C)c2ncc[nH]2)CCO1. The third-order valence-corrected chi connectivity index (χ3v) is 3.76. The third kappa shape index (κ3) is 3.07. The first kappa shape index (κ1) is 12.6. The second kappa shape index (κ2) is 5.19. The number of nitrogens with zero attached hydrogens (tertiary/aromatic N) is 1. The lowest BCUT2D eigenvalue weighted by molar-refractivity contribution is -0.0790. The van der Waals surface area contributed by atoms with Gasteiger partial charge in [-0.25, -0.2) is 4.98 Å². The van der Waals surface area contributed by atoms with Gasteiger partial charge >= 0.3 is 0 Å². The summed E-state index contributed by atoms with van der Waals surface area (Å²) in [7, 11) is 0. The highest BCUT2D eigenvalue weighted by Gasteiger charge is 2.32. The van der Waals surface area contributed by atoms with E-state index in [-0.39, 0.29) is 11.6 Å². The monoisotopic (exact) mass is 237 g/mol. The Balaban J connectivity index is 1.91. The molecule has 1 aliphatic heterocycles. The molecule has 1 fully saturated rings. The molecule has 2 heterocycles. The number of aromatic nitrogens is 2. The first-order chi connectivity index (χ1) is 8.13. The van der Waals surface area contributed by atoms with Crippen molar-refractivity contribution in [1.29, 1.82) is 0 Å². The Morgan fingerprint density at radius 3 is 3.18 bits per heavy atom. The zero-order valence-electron chi connectivity index (χ0n) is 11.0. The minimum atomic E-state index is 0.0405. The lowest BCUT2D eigenvalue weighted by Gasteiger charge is -2.39. The molecular weight excluding hydrogens is 214 g/mol. The molecule has 2 N–H and O–H groups in total. The summed E-state index contributed by atoms with van der Waals surface area (Å²) in [6.07, 6.45) is 6.90. The minimum Gasteiger partial charge on any atom is -0.375 e. The van der Waals surface area contributed by atoms with Gasteiger partial charge < -0.3 is 15.0 Å². The highest BCUT2D eigenvalue weighted by Crippen LogP contribution is 2.28. The van der Waals surface area contributed by atoms with Crippen LogP contribution in [0.1, 0.15) is 51.9 Å². The van der Waals surface area contributed by atoms with Gasteiger partial charge in [-0.15, -0.1) is 0 Å². The van der Waals surface area contributed by atoms with Crippen molar-refractivity contribution in [3.05, 3.63) is 18.2 Å². The predicted octanol–water partition coefficient (Wildman–Crippen LogP) is 2.41. The zero-order valence-corrected chi connectivity index (χ0v) is 11.0. The van der Waals surface area contributed by atoms with Crippen molar-refractivity contribution >= 4 is 0 Å². The highest BCUT2D eigenvalue weighted by molar-refractivity contribution is 4.96. The zero-order chi connectivity index (χ0) is 12.3. The van der Waals surface area contributed by atoms with Crippen molar-refractivity contribution in [3.63, 3.8) is 0 Å². The van der Waals surface area contributed by atoms with Crippen molar-refractivity contribution in [3.8, 4) is 0 Å². The summed E-state index contributed by atoms with van der Waals surface area (Å²) in [6, 6.07) is 0.794. The number of ether oxygens (including phenoxy) is 1. The second-order valence-electron chi connectivity index (χ2n) is 5.20. The second-order valence-corrected chi connectivity index (χ2v) is 5.20. The summed E-state index contributed by atoms with van der Waals surface area (Å²) in [6.45, 7) is 7.40. The molecule has 0 aromatic carbocycles. The van der Waals surface area contributed by atoms with Gasteiger partial charge in [0.05, 0.1) is 11.6 Å². The van der Waals surface area contributed by atoms with E-state index in [0.717, 1.165) is 31.7 Å². The van der Waals surface area contributed by atoms with Crippen LogP contribution in [0.2, 0.25) is 0 Å². The molecule has 4 nitrogen and oxygen atoms in total. The standard InChI is InChI=1S/C13H23N3O/c1-4-13(3)9-11(5-8-17-13)16-10(2)12-14-6-7-15-12/h6-7,10-11,16H,4-5,8-9H2,1-3H3,(H,14,15). The topological polar surface area (TPSA) is 49.9 Å². The van der Waals surface area contributed by atoms with Crippen LogP contribution < -0.4 is 5.32 Å². The van der Waals surface area contributed by atoms with Crippen molar-refractivity contribution in [2.24, 2.45) is 0 Å². The number of rotatable bonds is 4. The average Bonchev–Trinajstić information content (AvgIpc) is 2.82. The van der Waals surface area contributed by atoms with E-state index in [1.807, 2.05) is 6.20 Å². The average molecular weight is 237 g/mol. The largest absolute Gasteiger partial charge is 0.375 e. The number of nitrogens with one attached hydrogen (secondary N) is 2. The highest BCUT2D eigenvalue weighted by atomic mass is 16.5. The lowest BCUT2D eigenvalue weighted by atomic mass is 9.89. The molecule has 2 rings (SSSR count). The maximum Gasteiger partial charge on any atom is 0.122 e. The molecule has 3 atom stereocenters. The van der Waals surface area contributed by atoms with Gasteiger partial charge in [-0.05, 0) is 33.1 Å². The summed E-state index contributed by atoms with van der Waals surface area (Å²) < 4.78 is 5.85. The number of aromatic amines is 1. The van der Waals surface area contributed by atoms with Crippen LogP contribution in [0.15, 0.2) is 12.4 Å². The van der Waals surface area contributed by atoms with E-state index in [1.165, 1.54) is 0 Å². The molecular formula is C13H23N3O. The van der Waals surface area contributed by atoms with E-state index >= 15 is 0 Å². The molecule has 1 aromatic rings. The Hall–Kier alpha value is -0.870. The molecule has 17 heavy (non-hydrogen) atoms. The van der Waals surface area contributed by atoms with Crippen LogP contribution in [-0.4, -0.2) is 28.2 Å². The van der Waals surface area contributed by atoms with Crippen molar-refractivity contribution < 1.29 is 4.74 Å². The number of hydrogen-bond donors (Lipinski definition) is 2. The van der Waals surface area contributed by atoms with E-state index in [4.69, 9.17) is 4.74 Å². The Bertz CT molecular complexity index is 338. The van der Waals surface area contributed by atoms with Crippen LogP contribution in [0.4, 0.5) is 0 Å². The van der Waals surface area contributed by atoms with Crippen LogP contribution in [0.25, 0.3) is 0 Å². The van der Waals surface area contributed by atoms with Gasteiger partial charge in [-0.2, -0.15) is 0 Å². The summed E-state index contributed by atoms with van der Waals surface area (Å²) in [4.78, 5) is 7.45. The van der Waals surface area contributed by atoms with Crippen LogP contribution >= 0.6 is 0 Å². The third-order valence-electron chi connectivity index (χ3n) is 3.76. The molecule has 0 aliphatic carbocycles. The number of imidazole rings is 1. The molecule has 1 saturated heterocycles. The molecule has 0 amide bonds. The predicted molar refractivity (Wildman–Crippen MR) is 67.8 cm³/mol. The van der Waals surface area contributed by atoms with Crippen molar-refractivity contribution in [2.75, 3.05) is 6.61 Å². The van der Waals surface area contributed by atoms with Gasteiger partial charge in [-0.3, -0.25) is 0 Å². The van der Waals surface area contributed by atoms with Crippen LogP contribution in [-0.2, 0) is 4.74 Å². The Labute approximate surface area is 103 Å². The summed E-state index contributed by atoms with van der Waals surface area (Å²) >= 11 is 0. The summed E-state index contributed by atoms with van der Waals surface area (Å²) in [5.41, 5.74) is 0.0405. The Morgan fingerprint density at radius 1 is 1.71 bits per heavy atom. The van der Waals surface area contributed by atoms with E-state index < -0.39 is 0 Å². The molecule has 0 spiro atoms. The van der Waals surface area contributed by atoms with Crippen LogP contribution in [0, 0.1) is 0 Å². The fourth-order valence-electron chi connectivity index (χ4n) is 2.47. The normalized spacial score (nSPS) is 31.4. The maximum atomic E-state index is 5.85. The van der Waals surface area contributed by atoms with E-state index in [0.29, 0.717) is 6.04 Å².